The molecule has 2 amide bonds. The Balaban J connectivity index is 1.66. The zero-order valence-electron chi connectivity index (χ0n) is 13.7. The van der Waals surface area contributed by atoms with E-state index in [1.54, 1.807) is 24.3 Å². The van der Waals surface area contributed by atoms with Crippen LogP contribution >= 0.6 is 0 Å². The summed E-state index contributed by atoms with van der Waals surface area (Å²) in [6.45, 7) is -0.408. The average Bonchev–Trinajstić information content (AvgIpc) is 3.10. The first-order chi connectivity index (χ1) is 11.6. The number of carbonyl (C=O) groups excluding carboxylic acids is 3. The molecular formula is C17H22N2O5. The number of ether oxygens (including phenoxy) is 2. The Labute approximate surface area is 140 Å². The minimum atomic E-state index is -0.586. The standard InChI is InChI=1S/C17H22N2O5/c1-23-14-8-6-13(7-9-14)17(22)19-18-15(20)11-24-16(21)10-12-4-2-3-5-12/h6-9,12H,2-5,10-11H2,1H3,(H,18,20)(H,19,22). The number of amides is 2. The van der Waals surface area contributed by atoms with Gasteiger partial charge in [0.05, 0.1) is 7.11 Å². The van der Waals surface area contributed by atoms with Crippen LogP contribution in [0.25, 0.3) is 0 Å². The lowest BCUT2D eigenvalue weighted by atomic mass is 10.1. The van der Waals surface area contributed by atoms with Crippen LogP contribution in [0.5, 0.6) is 5.75 Å². The van der Waals surface area contributed by atoms with Gasteiger partial charge in [-0.15, -0.1) is 0 Å². The van der Waals surface area contributed by atoms with Crippen LogP contribution in [-0.2, 0) is 14.3 Å². The number of rotatable bonds is 6. The van der Waals surface area contributed by atoms with Crippen molar-refractivity contribution in [2.24, 2.45) is 5.92 Å². The Morgan fingerprint density at radius 3 is 2.38 bits per heavy atom. The molecular weight excluding hydrogens is 312 g/mol. The van der Waals surface area contributed by atoms with E-state index in [-0.39, 0.29) is 5.97 Å². The second kappa shape index (κ2) is 8.90. The number of methoxy groups -OCH3 is 1. The first-order valence-electron chi connectivity index (χ1n) is 7.97. The Morgan fingerprint density at radius 2 is 1.75 bits per heavy atom. The lowest BCUT2D eigenvalue weighted by Gasteiger charge is -2.10. The fraction of sp³-hybridized carbons (Fsp3) is 0.471. The van der Waals surface area contributed by atoms with Crippen LogP contribution in [0, 0.1) is 5.92 Å². The van der Waals surface area contributed by atoms with E-state index in [4.69, 9.17) is 9.47 Å². The Bertz CT molecular complexity index is 579. The zero-order chi connectivity index (χ0) is 17.4. The molecule has 2 N–H and O–H groups in total. The van der Waals surface area contributed by atoms with Crippen molar-refractivity contribution in [1.82, 2.24) is 10.9 Å². The maximum atomic E-state index is 11.8. The summed E-state index contributed by atoms with van der Waals surface area (Å²) in [5.41, 5.74) is 4.84. The van der Waals surface area contributed by atoms with Gasteiger partial charge in [0.25, 0.3) is 11.8 Å². The molecule has 24 heavy (non-hydrogen) atoms. The number of benzene rings is 1. The van der Waals surface area contributed by atoms with Gasteiger partial charge in [-0.3, -0.25) is 25.2 Å². The predicted octanol–water partition coefficient (Wildman–Crippen LogP) is 1.58. The average molecular weight is 334 g/mol. The third-order valence-corrected chi connectivity index (χ3v) is 3.96. The highest BCUT2D eigenvalue weighted by atomic mass is 16.5. The molecule has 0 bridgehead atoms. The Kier molecular flexibility index (Phi) is 6.60. The van der Waals surface area contributed by atoms with Crippen molar-refractivity contribution in [2.45, 2.75) is 32.1 Å². The van der Waals surface area contributed by atoms with E-state index in [0.29, 0.717) is 23.7 Å². The maximum absolute atomic E-state index is 11.8. The topological polar surface area (TPSA) is 93.7 Å². The van der Waals surface area contributed by atoms with Crippen molar-refractivity contribution in [3.05, 3.63) is 29.8 Å². The molecule has 0 aliphatic heterocycles. The molecule has 0 aromatic heterocycles. The van der Waals surface area contributed by atoms with Gasteiger partial charge in [-0.1, -0.05) is 12.8 Å². The van der Waals surface area contributed by atoms with Gasteiger partial charge in [0.2, 0.25) is 0 Å². The van der Waals surface area contributed by atoms with Crippen molar-refractivity contribution < 1.29 is 23.9 Å². The molecule has 1 aromatic rings. The summed E-state index contributed by atoms with van der Waals surface area (Å²) in [4.78, 5) is 35.1. The summed E-state index contributed by atoms with van der Waals surface area (Å²) < 4.78 is 9.91. The van der Waals surface area contributed by atoms with Crippen LogP contribution in [0.1, 0.15) is 42.5 Å². The van der Waals surface area contributed by atoms with Crippen LogP contribution in [0.15, 0.2) is 24.3 Å². The van der Waals surface area contributed by atoms with Gasteiger partial charge in [0, 0.05) is 12.0 Å². The van der Waals surface area contributed by atoms with Crippen LogP contribution in [0.3, 0.4) is 0 Å². The Morgan fingerprint density at radius 1 is 1.08 bits per heavy atom. The maximum Gasteiger partial charge on any atom is 0.306 e. The summed E-state index contributed by atoms with van der Waals surface area (Å²) in [5, 5.41) is 0. The third kappa shape index (κ3) is 5.57. The van der Waals surface area contributed by atoms with E-state index >= 15 is 0 Å². The lowest BCUT2D eigenvalue weighted by Crippen LogP contribution is -2.43. The van der Waals surface area contributed by atoms with Crippen LogP contribution < -0.4 is 15.6 Å². The summed E-state index contributed by atoms with van der Waals surface area (Å²) in [6.07, 6.45) is 4.73. The van der Waals surface area contributed by atoms with E-state index in [9.17, 15) is 14.4 Å². The van der Waals surface area contributed by atoms with Crippen LogP contribution in [-0.4, -0.2) is 31.5 Å². The summed E-state index contributed by atoms with van der Waals surface area (Å²) >= 11 is 0. The van der Waals surface area contributed by atoms with Crippen molar-refractivity contribution in [2.75, 3.05) is 13.7 Å². The highest BCUT2D eigenvalue weighted by Crippen LogP contribution is 2.27. The largest absolute Gasteiger partial charge is 0.497 e. The van der Waals surface area contributed by atoms with Gasteiger partial charge in [-0.25, -0.2) is 0 Å². The van der Waals surface area contributed by atoms with Crippen molar-refractivity contribution in [3.63, 3.8) is 0 Å². The molecule has 0 spiro atoms. The van der Waals surface area contributed by atoms with Gasteiger partial charge in [-0.05, 0) is 43.0 Å². The molecule has 0 radical (unpaired) electrons. The number of hydrazine groups is 1. The molecule has 1 saturated carbocycles. The molecule has 1 fully saturated rings. The molecule has 0 saturated heterocycles. The molecule has 0 heterocycles. The first kappa shape index (κ1) is 17.8. The minimum absolute atomic E-state index is 0.353. The van der Waals surface area contributed by atoms with E-state index < -0.39 is 18.4 Å². The van der Waals surface area contributed by atoms with Gasteiger partial charge in [0.1, 0.15) is 5.75 Å². The first-order valence-corrected chi connectivity index (χ1v) is 7.97. The fourth-order valence-corrected chi connectivity index (χ4v) is 2.63. The monoisotopic (exact) mass is 334 g/mol. The van der Waals surface area contributed by atoms with Crippen molar-refractivity contribution in [1.29, 1.82) is 0 Å². The second-order valence-corrected chi connectivity index (χ2v) is 5.75. The molecule has 0 atom stereocenters. The number of hydrogen-bond acceptors (Lipinski definition) is 5. The molecule has 1 aliphatic carbocycles. The molecule has 2 rings (SSSR count). The molecule has 1 aromatic carbocycles. The summed E-state index contributed by atoms with van der Waals surface area (Å²) in [7, 11) is 1.53. The van der Waals surface area contributed by atoms with Crippen molar-refractivity contribution >= 4 is 17.8 Å². The van der Waals surface area contributed by atoms with Gasteiger partial charge >= 0.3 is 5.97 Å². The highest BCUT2D eigenvalue weighted by Gasteiger charge is 2.19. The zero-order valence-corrected chi connectivity index (χ0v) is 13.7. The number of nitrogens with one attached hydrogen (secondary N) is 2. The van der Waals surface area contributed by atoms with E-state index in [2.05, 4.69) is 10.9 Å². The normalized spacial score (nSPS) is 14.0. The number of esters is 1. The molecule has 7 heteroatoms. The van der Waals surface area contributed by atoms with E-state index in [1.165, 1.54) is 7.11 Å². The molecule has 1 aliphatic rings. The molecule has 7 nitrogen and oxygen atoms in total. The lowest BCUT2D eigenvalue weighted by molar-refractivity contribution is -0.149. The highest BCUT2D eigenvalue weighted by molar-refractivity contribution is 5.95. The SMILES string of the molecule is COc1ccc(C(=O)NNC(=O)COC(=O)CC2CCCC2)cc1. The second-order valence-electron chi connectivity index (χ2n) is 5.75. The van der Waals surface area contributed by atoms with Gasteiger partial charge < -0.3 is 9.47 Å². The predicted molar refractivity (Wildman–Crippen MR) is 86.1 cm³/mol. The Hall–Kier alpha value is -2.57. The van der Waals surface area contributed by atoms with Gasteiger partial charge in [0.15, 0.2) is 6.61 Å². The third-order valence-electron chi connectivity index (χ3n) is 3.96. The van der Waals surface area contributed by atoms with E-state index in [1.807, 2.05) is 0 Å². The number of hydrogen-bond donors (Lipinski definition) is 2. The smallest absolute Gasteiger partial charge is 0.306 e. The van der Waals surface area contributed by atoms with E-state index in [0.717, 1.165) is 25.7 Å². The van der Waals surface area contributed by atoms with Crippen LogP contribution in [0.4, 0.5) is 0 Å². The molecule has 130 valence electrons. The fourth-order valence-electron chi connectivity index (χ4n) is 2.63. The van der Waals surface area contributed by atoms with Gasteiger partial charge in [-0.2, -0.15) is 0 Å². The quantitative estimate of drug-likeness (QED) is 0.608. The summed E-state index contributed by atoms with van der Waals surface area (Å²) in [5.74, 6) is -0.432. The summed E-state index contributed by atoms with van der Waals surface area (Å²) in [6, 6.07) is 6.42. The minimum Gasteiger partial charge on any atom is -0.497 e. The number of carbonyl (C=O) groups is 3. The van der Waals surface area contributed by atoms with Crippen LogP contribution in [0.2, 0.25) is 0 Å². The molecule has 0 unspecified atom stereocenters. The van der Waals surface area contributed by atoms with Crippen molar-refractivity contribution in [3.8, 4) is 5.75 Å².